The topological polar surface area (TPSA) is 132 Å². The first kappa shape index (κ1) is 26.3. The number of hydrogen-bond donors (Lipinski definition) is 2. The van der Waals surface area contributed by atoms with Crippen molar-refractivity contribution >= 4 is 46.2 Å². The third kappa shape index (κ3) is 6.62. The number of carboxylic acids is 1. The summed E-state index contributed by atoms with van der Waals surface area (Å²) in [7, 11) is 0. The van der Waals surface area contributed by atoms with Crippen LogP contribution in [0.2, 0.25) is 0 Å². The molecule has 9 heteroatoms. The number of halogens is 1. The Kier molecular flexibility index (Phi) is 9.03. The van der Waals surface area contributed by atoms with E-state index in [1.165, 1.54) is 30.3 Å². The average molecular weight is 593 g/mol. The van der Waals surface area contributed by atoms with E-state index in [0.29, 0.717) is 32.8 Å². The van der Waals surface area contributed by atoms with E-state index in [0.717, 1.165) is 5.56 Å². The van der Waals surface area contributed by atoms with Crippen molar-refractivity contribution in [1.29, 1.82) is 10.5 Å². The number of carboxylic acid groups (broad SMARTS) is 1. The lowest BCUT2D eigenvalue weighted by Crippen LogP contribution is -2.14. The highest BCUT2D eigenvalue weighted by atomic mass is 127. The Labute approximate surface area is 221 Å². The van der Waals surface area contributed by atoms with Gasteiger partial charge in [-0.15, -0.1) is 0 Å². The maximum atomic E-state index is 12.7. The molecule has 3 aromatic carbocycles. The highest BCUT2D eigenvalue weighted by Crippen LogP contribution is 2.35. The van der Waals surface area contributed by atoms with Gasteiger partial charge in [-0.1, -0.05) is 24.3 Å². The number of amides is 1. The molecule has 0 saturated carbocycles. The second kappa shape index (κ2) is 12.4. The number of anilines is 1. The van der Waals surface area contributed by atoms with Crippen LogP contribution in [0, 0.1) is 26.2 Å². The Bertz CT molecular complexity index is 1420. The van der Waals surface area contributed by atoms with Crippen molar-refractivity contribution in [1.82, 2.24) is 0 Å². The third-order valence-corrected chi connectivity index (χ3v) is 5.69. The predicted molar refractivity (Wildman–Crippen MR) is 141 cm³/mol. The zero-order valence-corrected chi connectivity index (χ0v) is 21.3. The van der Waals surface area contributed by atoms with E-state index in [1.54, 1.807) is 24.3 Å². The lowest BCUT2D eigenvalue weighted by atomic mass is 10.1. The lowest BCUT2D eigenvalue weighted by molar-refractivity contribution is -0.112. The van der Waals surface area contributed by atoms with Crippen molar-refractivity contribution in [2.75, 3.05) is 11.9 Å². The summed E-state index contributed by atoms with van der Waals surface area (Å²) in [6.07, 6.45) is 1.41. The van der Waals surface area contributed by atoms with Gasteiger partial charge in [-0.2, -0.15) is 10.5 Å². The van der Waals surface area contributed by atoms with E-state index in [4.69, 9.17) is 14.6 Å². The van der Waals surface area contributed by atoms with Crippen LogP contribution in [0.1, 0.15) is 34.0 Å². The molecule has 0 spiro atoms. The number of nitriles is 2. The van der Waals surface area contributed by atoms with Crippen molar-refractivity contribution in [3.63, 3.8) is 0 Å². The molecule has 8 nitrogen and oxygen atoms in total. The number of rotatable bonds is 9. The molecule has 2 N–H and O–H groups in total. The highest BCUT2D eigenvalue weighted by Gasteiger charge is 2.16. The molecule has 3 aromatic rings. The summed E-state index contributed by atoms with van der Waals surface area (Å²) < 4.78 is 12.4. The Balaban J connectivity index is 1.86. The molecule has 0 radical (unpaired) electrons. The Morgan fingerprint density at radius 2 is 1.86 bits per heavy atom. The molecule has 1 amide bonds. The van der Waals surface area contributed by atoms with Gasteiger partial charge in [-0.3, -0.25) is 4.79 Å². The molecule has 3 rings (SSSR count). The summed E-state index contributed by atoms with van der Waals surface area (Å²) in [6, 6.07) is 20.3. The zero-order chi connectivity index (χ0) is 26.1. The minimum Gasteiger partial charge on any atom is -0.490 e. The summed E-state index contributed by atoms with van der Waals surface area (Å²) in [5.41, 5.74) is 1.89. The fourth-order valence-corrected chi connectivity index (χ4v) is 4.00. The van der Waals surface area contributed by atoms with Crippen molar-refractivity contribution in [2.45, 2.75) is 13.5 Å². The van der Waals surface area contributed by atoms with Gasteiger partial charge in [0.1, 0.15) is 18.2 Å². The van der Waals surface area contributed by atoms with Gasteiger partial charge < -0.3 is 19.9 Å². The predicted octanol–water partition coefficient (Wildman–Crippen LogP) is 5.38. The summed E-state index contributed by atoms with van der Waals surface area (Å²) in [5.74, 6) is -0.896. The first-order valence-electron chi connectivity index (χ1n) is 10.7. The first-order chi connectivity index (χ1) is 17.4. The van der Waals surface area contributed by atoms with Gasteiger partial charge in [0, 0.05) is 11.3 Å². The van der Waals surface area contributed by atoms with Gasteiger partial charge >= 0.3 is 5.97 Å². The molecule has 0 fully saturated rings. The molecule has 36 heavy (non-hydrogen) atoms. The van der Waals surface area contributed by atoms with Crippen LogP contribution in [0.25, 0.3) is 6.08 Å². The third-order valence-electron chi connectivity index (χ3n) is 4.88. The molecule has 0 aliphatic carbocycles. The Hall–Kier alpha value is -4.35. The lowest BCUT2D eigenvalue weighted by Gasteiger charge is -2.15. The van der Waals surface area contributed by atoms with Crippen LogP contribution in [0.5, 0.6) is 11.5 Å². The van der Waals surface area contributed by atoms with Crippen molar-refractivity contribution in [3.05, 3.63) is 92.1 Å². The van der Waals surface area contributed by atoms with Gasteiger partial charge in [-0.05, 0) is 77.6 Å². The highest BCUT2D eigenvalue weighted by molar-refractivity contribution is 14.1. The summed E-state index contributed by atoms with van der Waals surface area (Å²) in [5, 5.41) is 30.6. The standard InChI is InChI=1S/C27H20IN3O5/c1-2-35-24-12-17(11-23(28)25(24)36-16-20-7-4-3-6-19(20)14-29)10-21(15-30)26(32)31-22-9-5-8-18(13-22)27(33)34/h3-13H,2,16H2,1H3,(H,31,32)(H,33,34)/b21-10-. The second-order valence-corrected chi connectivity index (χ2v) is 8.49. The maximum Gasteiger partial charge on any atom is 0.335 e. The van der Waals surface area contributed by atoms with E-state index in [1.807, 2.05) is 25.1 Å². The maximum absolute atomic E-state index is 12.7. The Morgan fingerprint density at radius 1 is 1.08 bits per heavy atom. The first-order valence-corrected chi connectivity index (χ1v) is 11.8. The fourth-order valence-electron chi connectivity index (χ4n) is 3.22. The van der Waals surface area contributed by atoms with Crippen LogP contribution in [0.15, 0.2) is 66.2 Å². The largest absolute Gasteiger partial charge is 0.490 e. The molecular formula is C27H20IN3O5. The number of carbonyl (C=O) groups excluding carboxylic acids is 1. The van der Waals surface area contributed by atoms with Crippen LogP contribution >= 0.6 is 22.6 Å². The van der Waals surface area contributed by atoms with E-state index < -0.39 is 11.9 Å². The van der Waals surface area contributed by atoms with Gasteiger partial charge in [0.2, 0.25) is 0 Å². The zero-order valence-electron chi connectivity index (χ0n) is 19.1. The van der Waals surface area contributed by atoms with E-state index >= 15 is 0 Å². The average Bonchev–Trinajstić information content (AvgIpc) is 2.87. The summed E-state index contributed by atoms with van der Waals surface area (Å²) >= 11 is 2.08. The monoisotopic (exact) mass is 593 g/mol. The van der Waals surface area contributed by atoms with E-state index in [-0.39, 0.29) is 23.4 Å². The minimum atomic E-state index is -1.13. The van der Waals surface area contributed by atoms with Crippen LogP contribution in [0.3, 0.4) is 0 Å². The number of ether oxygens (including phenoxy) is 2. The molecule has 180 valence electrons. The van der Waals surface area contributed by atoms with Gasteiger partial charge in [-0.25, -0.2) is 4.79 Å². The van der Waals surface area contributed by atoms with Crippen LogP contribution in [-0.4, -0.2) is 23.6 Å². The quantitative estimate of drug-likeness (QED) is 0.193. The van der Waals surface area contributed by atoms with E-state index in [2.05, 4.69) is 34.0 Å². The number of nitrogens with zero attached hydrogens (tertiary/aromatic N) is 2. The van der Waals surface area contributed by atoms with Crippen molar-refractivity contribution in [3.8, 4) is 23.6 Å². The van der Waals surface area contributed by atoms with Gasteiger partial charge in [0.25, 0.3) is 5.91 Å². The molecule has 0 atom stereocenters. The van der Waals surface area contributed by atoms with Crippen LogP contribution in [-0.2, 0) is 11.4 Å². The van der Waals surface area contributed by atoms with Gasteiger partial charge in [0.05, 0.1) is 27.4 Å². The normalized spacial score (nSPS) is 10.6. The molecular weight excluding hydrogens is 573 g/mol. The number of benzene rings is 3. The molecule has 0 saturated heterocycles. The number of aromatic carboxylic acids is 1. The summed E-state index contributed by atoms with van der Waals surface area (Å²) in [6.45, 7) is 2.35. The Morgan fingerprint density at radius 3 is 2.56 bits per heavy atom. The molecule has 0 heterocycles. The van der Waals surface area contributed by atoms with E-state index in [9.17, 15) is 20.1 Å². The van der Waals surface area contributed by atoms with Crippen LogP contribution in [0.4, 0.5) is 5.69 Å². The van der Waals surface area contributed by atoms with Crippen molar-refractivity contribution < 1.29 is 24.2 Å². The number of nitrogens with one attached hydrogen (secondary N) is 1. The van der Waals surface area contributed by atoms with Crippen LogP contribution < -0.4 is 14.8 Å². The second-order valence-electron chi connectivity index (χ2n) is 7.33. The van der Waals surface area contributed by atoms with Gasteiger partial charge in [0.15, 0.2) is 11.5 Å². The fraction of sp³-hybridized carbons (Fsp3) is 0.111. The van der Waals surface area contributed by atoms with Crippen molar-refractivity contribution in [2.24, 2.45) is 0 Å². The minimum absolute atomic E-state index is 0.0131. The molecule has 0 aliphatic heterocycles. The molecule has 0 aromatic heterocycles. The molecule has 0 aliphatic rings. The summed E-state index contributed by atoms with van der Waals surface area (Å²) in [4.78, 5) is 23.8. The SMILES string of the molecule is CCOc1cc(/C=C(/C#N)C(=O)Nc2cccc(C(=O)O)c2)cc(I)c1OCc1ccccc1C#N. The molecule has 0 bridgehead atoms. The number of hydrogen-bond acceptors (Lipinski definition) is 6. The number of carbonyl (C=O) groups is 2. The molecule has 0 unspecified atom stereocenters. The smallest absolute Gasteiger partial charge is 0.335 e.